The molecule has 22 heavy (non-hydrogen) atoms. The lowest BCUT2D eigenvalue weighted by Crippen LogP contribution is -2.43. The van der Waals surface area contributed by atoms with E-state index in [-0.39, 0.29) is 12.5 Å². The maximum atomic E-state index is 12.2. The zero-order chi connectivity index (χ0) is 14.9. The summed E-state index contributed by atoms with van der Waals surface area (Å²) in [6.45, 7) is 2.15. The van der Waals surface area contributed by atoms with Gasteiger partial charge in [0.1, 0.15) is 6.54 Å². The summed E-state index contributed by atoms with van der Waals surface area (Å²) in [6.07, 6.45) is 3.84. The molecule has 6 heteroatoms. The van der Waals surface area contributed by atoms with Gasteiger partial charge in [0.2, 0.25) is 5.91 Å². The molecule has 1 aromatic carbocycles. The fourth-order valence-corrected chi connectivity index (χ4v) is 2.68. The second-order valence-electron chi connectivity index (χ2n) is 5.54. The van der Waals surface area contributed by atoms with Crippen LogP contribution in [0.5, 0.6) is 0 Å². The van der Waals surface area contributed by atoms with Crippen molar-refractivity contribution in [3.63, 3.8) is 0 Å². The van der Waals surface area contributed by atoms with Crippen LogP contribution in [0.3, 0.4) is 0 Å². The third kappa shape index (κ3) is 2.37. The van der Waals surface area contributed by atoms with Gasteiger partial charge in [-0.05, 0) is 17.5 Å². The smallest absolute Gasteiger partial charge is 0.245 e. The SMILES string of the molecule is O=C(Cn1ccc2ccccc21)Nc1ccn(C2CNC2)n1. The van der Waals surface area contributed by atoms with Crippen LogP contribution in [0.2, 0.25) is 0 Å². The van der Waals surface area contributed by atoms with Crippen molar-refractivity contribution >= 4 is 22.6 Å². The monoisotopic (exact) mass is 295 g/mol. The van der Waals surface area contributed by atoms with Crippen LogP contribution in [-0.4, -0.2) is 33.3 Å². The average Bonchev–Trinajstić information content (AvgIpc) is 3.05. The van der Waals surface area contributed by atoms with Gasteiger partial charge < -0.3 is 15.2 Å². The van der Waals surface area contributed by atoms with E-state index in [1.54, 1.807) is 0 Å². The molecule has 1 aliphatic rings. The number of hydrogen-bond acceptors (Lipinski definition) is 3. The molecule has 3 aromatic rings. The van der Waals surface area contributed by atoms with E-state index in [9.17, 15) is 4.79 Å². The third-order valence-corrected chi connectivity index (χ3v) is 4.00. The number of anilines is 1. The third-order valence-electron chi connectivity index (χ3n) is 4.00. The van der Waals surface area contributed by atoms with E-state index >= 15 is 0 Å². The second kappa shape index (κ2) is 5.31. The van der Waals surface area contributed by atoms with Crippen molar-refractivity contribution in [2.24, 2.45) is 0 Å². The number of carbonyl (C=O) groups is 1. The molecule has 0 aliphatic carbocycles. The van der Waals surface area contributed by atoms with Crippen LogP contribution < -0.4 is 10.6 Å². The predicted molar refractivity (Wildman–Crippen MR) is 84.7 cm³/mol. The van der Waals surface area contributed by atoms with Gasteiger partial charge in [0.15, 0.2) is 5.82 Å². The van der Waals surface area contributed by atoms with Gasteiger partial charge >= 0.3 is 0 Å². The number of aromatic nitrogens is 3. The lowest BCUT2D eigenvalue weighted by molar-refractivity contribution is -0.116. The quantitative estimate of drug-likeness (QED) is 0.769. The van der Waals surface area contributed by atoms with Gasteiger partial charge in [0, 0.05) is 37.1 Å². The van der Waals surface area contributed by atoms with E-state index in [1.165, 1.54) is 0 Å². The van der Waals surface area contributed by atoms with Gasteiger partial charge in [0.25, 0.3) is 0 Å². The summed E-state index contributed by atoms with van der Waals surface area (Å²) in [5.41, 5.74) is 1.06. The fourth-order valence-electron chi connectivity index (χ4n) is 2.68. The molecule has 0 bridgehead atoms. The van der Waals surface area contributed by atoms with Crippen molar-refractivity contribution < 1.29 is 4.79 Å². The van der Waals surface area contributed by atoms with Crippen LogP contribution in [0.4, 0.5) is 5.82 Å². The minimum atomic E-state index is -0.0710. The van der Waals surface area contributed by atoms with E-state index in [4.69, 9.17) is 0 Å². The summed E-state index contributed by atoms with van der Waals surface area (Å²) in [5, 5.41) is 11.6. The molecule has 1 fully saturated rings. The Kier molecular flexibility index (Phi) is 3.16. The van der Waals surface area contributed by atoms with Gasteiger partial charge in [0.05, 0.1) is 6.04 Å². The number of fused-ring (bicyclic) bond motifs is 1. The molecule has 1 amide bonds. The Hall–Kier alpha value is -2.60. The van der Waals surface area contributed by atoms with E-state index < -0.39 is 0 Å². The summed E-state index contributed by atoms with van der Waals surface area (Å²) < 4.78 is 3.84. The molecule has 2 aromatic heterocycles. The highest BCUT2D eigenvalue weighted by Gasteiger charge is 2.19. The molecular weight excluding hydrogens is 278 g/mol. The van der Waals surface area contributed by atoms with Crippen molar-refractivity contribution in [3.05, 3.63) is 48.8 Å². The number of hydrogen-bond donors (Lipinski definition) is 2. The topological polar surface area (TPSA) is 63.9 Å². The highest BCUT2D eigenvalue weighted by Crippen LogP contribution is 2.16. The Morgan fingerprint density at radius 2 is 2.09 bits per heavy atom. The number of para-hydroxylation sites is 1. The number of nitrogens with zero attached hydrogens (tertiary/aromatic N) is 3. The largest absolute Gasteiger partial charge is 0.338 e. The standard InChI is InChI=1S/C16H17N5O/c22-16(11-20-7-5-12-3-1-2-4-14(12)20)18-15-6-8-21(19-15)13-9-17-10-13/h1-8,13,17H,9-11H2,(H,18,19,22). The number of nitrogens with one attached hydrogen (secondary N) is 2. The maximum Gasteiger partial charge on any atom is 0.245 e. The molecule has 2 N–H and O–H groups in total. The molecule has 1 aliphatic heterocycles. The minimum Gasteiger partial charge on any atom is -0.338 e. The molecule has 3 heterocycles. The highest BCUT2D eigenvalue weighted by atomic mass is 16.2. The van der Waals surface area contributed by atoms with Crippen molar-refractivity contribution in [3.8, 4) is 0 Å². The molecule has 4 rings (SSSR count). The Balaban J connectivity index is 1.44. The van der Waals surface area contributed by atoms with E-state index in [2.05, 4.69) is 15.7 Å². The van der Waals surface area contributed by atoms with Crippen LogP contribution in [0, 0.1) is 0 Å². The molecule has 1 saturated heterocycles. The van der Waals surface area contributed by atoms with Crippen LogP contribution >= 0.6 is 0 Å². The minimum absolute atomic E-state index is 0.0710. The molecule has 6 nitrogen and oxygen atoms in total. The van der Waals surface area contributed by atoms with E-state index in [0.717, 1.165) is 24.0 Å². The lowest BCUT2D eigenvalue weighted by atomic mass is 10.2. The van der Waals surface area contributed by atoms with Gasteiger partial charge in [-0.2, -0.15) is 5.10 Å². The Morgan fingerprint density at radius 1 is 1.23 bits per heavy atom. The first-order valence-electron chi connectivity index (χ1n) is 7.39. The zero-order valence-electron chi connectivity index (χ0n) is 12.1. The summed E-state index contributed by atoms with van der Waals surface area (Å²) in [7, 11) is 0. The van der Waals surface area contributed by atoms with Crippen molar-refractivity contribution in [2.45, 2.75) is 12.6 Å². The molecule has 0 radical (unpaired) electrons. The van der Waals surface area contributed by atoms with E-state index in [0.29, 0.717) is 11.9 Å². The first kappa shape index (κ1) is 13.1. The molecule has 0 spiro atoms. The van der Waals surface area contributed by atoms with Gasteiger partial charge in [-0.15, -0.1) is 0 Å². The van der Waals surface area contributed by atoms with Crippen molar-refractivity contribution in [1.29, 1.82) is 0 Å². The maximum absolute atomic E-state index is 12.2. The Labute approximate surface area is 127 Å². The fraction of sp³-hybridized carbons (Fsp3) is 0.250. The van der Waals surface area contributed by atoms with Crippen molar-refractivity contribution in [2.75, 3.05) is 18.4 Å². The highest BCUT2D eigenvalue weighted by molar-refractivity contribution is 5.91. The number of amides is 1. The normalized spacial score (nSPS) is 14.9. The number of rotatable bonds is 4. The van der Waals surface area contributed by atoms with Gasteiger partial charge in [-0.3, -0.25) is 9.48 Å². The molecule has 0 atom stereocenters. The first-order valence-corrected chi connectivity index (χ1v) is 7.39. The first-order chi connectivity index (χ1) is 10.8. The Morgan fingerprint density at radius 3 is 2.91 bits per heavy atom. The molecule has 0 saturated carbocycles. The van der Waals surface area contributed by atoms with Gasteiger partial charge in [-0.25, -0.2) is 0 Å². The second-order valence-corrected chi connectivity index (χ2v) is 5.54. The van der Waals surface area contributed by atoms with Crippen LogP contribution in [0.1, 0.15) is 6.04 Å². The number of carbonyl (C=O) groups excluding carboxylic acids is 1. The van der Waals surface area contributed by atoms with E-state index in [1.807, 2.05) is 58.0 Å². The average molecular weight is 295 g/mol. The summed E-state index contributed by atoms with van der Waals surface area (Å²) >= 11 is 0. The molecular formula is C16H17N5O. The van der Waals surface area contributed by atoms with Crippen LogP contribution in [0.25, 0.3) is 10.9 Å². The molecule has 112 valence electrons. The van der Waals surface area contributed by atoms with Crippen LogP contribution in [0.15, 0.2) is 48.8 Å². The zero-order valence-corrected chi connectivity index (χ0v) is 12.1. The summed E-state index contributed by atoms with van der Waals surface area (Å²) in [6, 6.07) is 12.3. The number of benzene rings is 1. The summed E-state index contributed by atoms with van der Waals surface area (Å²) in [4.78, 5) is 12.2. The van der Waals surface area contributed by atoms with Crippen LogP contribution in [-0.2, 0) is 11.3 Å². The molecule has 0 unspecified atom stereocenters. The predicted octanol–water partition coefficient (Wildman–Crippen LogP) is 1.62. The Bertz CT molecular complexity index is 815. The summed E-state index contributed by atoms with van der Waals surface area (Å²) in [5.74, 6) is 0.534. The lowest BCUT2D eigenvalue weighted by Gasteiger charge is -2.27. The van der Waals surface area contributed by atoms with Crippen molar-refractivity contribution in [1.82, 2.24) is 19.7 Å². The van der Waals surface area contributed by atoms with Gasteiger partial charge in [-0.1, -0.05) is 18.2 Å².